The Morgan fingerprint density at radius 3 is 2.79 bits per heavy atom. The Morgan fingerprint density at radius 2 is 2.29 bits per heavy atom. The van der Waals surface area contributed by atoms with Gasteiger partial charge in [0.25, 0.3) is 0 Å². The molecule has 1 unspecified atom stereocenters. The molecule has 0 aromatic heterocycles. The topological polar surface area (TPSA) is 24.5 Å². The summed E-state index contributed by atoms with van der Waals surface area (Å²) in [6.45, 7) is 11.9. The molecule has 0 bridgehead atoms. The maximum Gasteiger partial charge on any atom is 0.0712 e. The molecule has 1 fully saturated rings. The van der Waals surface area contributed by atoms with E-state index >= 15 is 0 Å². The Balaban J connectivity index is 2.16. The highest BCUT2D eigenvalue weighted by Crippen LogP contribution is 2.05. The summed E-state index contributed by atoms with van der Waals surface area (Å²) in [5.74, 6) is 0. The van der Waals surface area contributed by atoms with Gasteiger partial charge in [-0.3, -0.25) is 0 Å². The SMILES string of the molecule is CCN(CCC1CNCCO1)C(C)C. The number of hydrogen-bond acceptors (Lipinski definition) is 3. The minimum Gasteiger partial charge on any atom is -0.376 e. The van der Waals surface area contributed by atoms with Gasteiger partial charge in [0.05, 0.1) is 12.7 Å². The van der Waals surface area contributed by atoms with Crippen molar-refractivity contribution in [1.82, 2.24) is 10.2 Å². The number of hydrogen-bond donors (Lipinski definition) is 1. The average molecular weight is 200 g/mol. The Bertz CT molecular complexity index is 144. The lowest BCUT2D eigenvalue weighted by Crippen LogP contribution is -2.41. The van der Waals surface area contributed by atoms with Crippen molar-refractivity contribution in [3.8, 4) is 0 Å². The van der Waals surface area contributed by atoms with Crippen LogP contribution in [0, 0.1) is 0 Å². The fourth-order valence-corrected chi connectivity index (χ4v) is 1.90. The molecule has 3 nitrogen and oxygen atoms in total. The monoisotopic (exact) mass is 200 g/mol. The van der Waals surface area contributed by atoms with Crippen LogP contribution in [-0.2, 0) is 4.74 Å². The lowest BCUT2D eigenvalue weighted by molar-refractivity contribution is 0.0159. The van der Waals surface area contributed by atoms with E-state index in [4.69, 9.17) is 4.74 Å². The van der Waals surface area contributed by atoms with E-state index in [0.29, 0.717) is 12.1 Å². The van der Waals surface area contributed by atoms with Gasteiger partial charge in [0.15, 0.2) is 0 Å². The van der Waals surface area contributed by atoms with E-state index in [1.165, 1.54) is 0 Å². The zero-order valence-corrected chi connectivity index (χ0v) is 9.75. The molecule has 3 heteroatoms. The molecule has 0 aliphatic carbocycles. The molecule has 14 heavy (non-hydrogen) atoms. The Hall–Kier alpha value is -0.120. The molecule has 1 atom stereocenters. The molecule has 1 aliphatic rings. The van der Waals surface area contributed by atoms with Crippen molar-refractivity contribution >= 4 is 0 Å². The standard InChI is InChI=1S/C11H24N2O/c1-4-13(10(2)3)7-5-11-9-12-6-8-14-11/h10-12H,4-9H2,1-3H3. The van der Waals surface area contributed by atoms with E-state index in [1.807, 2.05) is 0 Å². The van der Waals surface area contributed by atoms with E-state index in [9.17, 15) is 0 Å². The zero-order valence-electron chi connectivity index (χ0n) is 9.75. The van der Waals surface area contributed by atoms with Crippen molar-refractivity contribution in [1.29, 1.82) is 0 Å². The molecule has 0 amide bonds. The molecule has 0 aromatic carbocycles. The first-order chi connectivity index (χ1) is 6.74. The van der Waals surface area contributed by atoms with Gasteiger partial charge in [-0.25, -0.2) is 0 Å². The third-order valence-electron chi connectivity index (χ3n) is 2.88. The van der Waals surface area contributed by atoms with Gasteiger partial charge in [0.1, 0.15) is 0 Å². The van der Waals surface area contributed by atoms with Crippen LogP contribution in [0.3, 0.4) is 0 Å². The third kappa shape index (κ3) is 3.95. The first kappa shape index (κ1) is 12.0. The Morgan fingerprint density at radius 1 is 1.50 bits per heavy atom. The molecule has 84 valence electrons. The summed E-state index contributed by atoms with van der Waals surface area (Å²) < 4.78 is 5.66. The molecular formula is C11H24N2O. The largest absolute Gasteiger partial charge is 0.376 e. The van der Waals surface area contributed by atoms with Crippen LogP contribution < -0.4 is 5.32 Å². The molecule has 0 radical (unpaired) electrons. The van der Waals surface area contributed by atoms with Gasteiger partial charge in [-0.1, -0.05) is 6.92 Å². The summed E-state index contributed by atoms with van der Waals surface area (Å²) >= 11 is 0. The fraction of sp³-hybridized carbons (Fsp3) is 1.00. The summed E-state index contributed by atoms with van der Waals surface area (Å²) in [4.78, 5) is 2.48. The summed E-state index contributed by atoms with van der Waals surface area (Å²) in [5, 5.41) is 3.36. The second-order valence-corrected chi connectivity index (χ2v) is 4.21. The smallest absolute Gasteiger partial charge is 0.0712 e. The molecule has 1 rings (SSSR count). The highest BCUT2D eigenvalue weighted by molar-refractivity contribution is 4.70. The van der Waals surface area contributed by atoms with Gasteiger partial charge in [-0.2, -0.15) is 0 Å². The fourth-order valence-electron chi connectivity index (χ4n) is 1.90. The first-order valence-corrected chi connectivity index (χ1v) is 5.80. The number of nitrogens with zero attached hydrogens (tertiary/aromatic N) is 1. The van der Waals surface area contributed by atoms with Crippen LogP contribution in [0.25, 0.3) is 0 Å². The lowest BCUT2D eigenvalue weighted by atomic mass is 10.2. The highest BCUT2D eigenvalue weighted by Gasteiger charge is 2.15. The molecule has 1 aliphatic heterocycles. The van der Waals surface area contributed by atoms with Gasteiger partial charge < -0.3 is 15.0 Å². The van der Waals surface area contributed by atoms with Crippen LogP contribution in [-0.4, -0.2) is 49.8 Å². The van der Waals surface area contributed by atoms with Crippen LogP contribution in [0.1, 0.15) is 27.2 Å². The lowest BCUT2D eigenvalue weighted by Gasteiger charge is -2.29. The van der Waals surface area contributed by atoms with Crippen LogP contribution >= 0.6 is 0 Å². The first-order valence-electron chi connectivity index (χ1n) is 5.80. The van der Waals surface area contributed by atoms with Crippen molar-refractivity contribution in [3.05, 3.63) is 0 Å². The van der Waals surface area contributed by atoms with Crippen molar-refractivity contribution < 1.29 is 4.74 Å². The minimum atomic E-state index is 0.427. The Labute approximate surface area is 87.8 Å². The van der Waals surface area contributed by atoms with Crippen molar-refractivity contribution in [3.63, 3.8) is 0 Å². The van der Waals surface area contributed by atoms with Gasteiger partial charge in [-0.05, 0) is 26.8 Å². The van der Waals surface area contributed by atoms with Gasteiger partial charge in [0, 0.05) is 25.7 Å². The predicted molar refractivity (Wildman–Crippen MR) is 59.6 cm³/mol. The Kier molecular flexibility index (Phi) is 5.45. The second-order valence-electron chi connectivity index (χ2n) is 4.21. The van der Waals surface area contributed by atoms with Crippen LogP contribution in [0.5, 0.6) is 0 Å². The van der Waals surface area contributed by atoms with Crippen LogP contribution in [0.15, 0.2) is 0 Å². The van der Waals surface area contributed by atoms with Gasteiger partial charge in [0.2, 0.25) is 0 Å². The molecule has 1 saturated heterocycles. The molecular weight excluding hydrogens is 176 g/mol. The molecule has 1 N–H and O–H groups in total. The van der Waals surface area contributed by atoms with E-state index in [0.717, 1.165) is 39.2 Å². The average Bonchev–Trinajstić information content (AvgIpc) is 2.20. The summed E-state index contributed by atoms with van der Waals surface area (Å²) in [6.07, 6.45) is 1.58. The minimum absolute atomic E-state index is 0.427. The van der Waals surface area contributed by atoms with Gasteiger partial charge in [-0.15, -0.1) is 0 Å². The summed E-state index contributed by atoms with van der Waals surface area (Å²) in [7, 11) is 0. The predicted octanol–water partition coefficient (Wildman–Crippen LogP) is 1.10. The van der Waals surface area contributed by atoms with Crippen molar-refractivity contribution in [2.45, 2.75) is 39.3 Å². The number of nitrogens with one attached hydrogen (secondary N) is 1. The number of rotatable bonds is 5. The second kappa shape index (κ2) is 6.38. The number of morpholine rings is 1. The van der Waals surface area contributed by atoms with E-state index in [-0.39, 0.29) is 0 Å². The highest BCUT2D eigenvalue weighted by atomic mass is 16.5. The number of ether oxygens (including phenoxy) is 1. The van der Waals surface area contributed by atoms with E-state index in [1.54, 1.807) is 0 Å². The molecule has 0 spiro atoms. The molecule has 1 heterocycles. The maximum atomic E-state index is 5.66. The van der Waals surface area contributed by atoms with Crippen LogP contribution in [0.2, 0.25) is 0 Å². The molecule has 0 saturated carbocycles. The van der Waals surface area contributed by atoms with E-state index < -0.39 is 0 Å². The maximum absolute atomic E-state index is 5.66. The van der Waals surface area contributed by atoms with Crippen LogP contribution in [0.4, 0.5) is 0 Å². The summed E-state index contributed by atoms with van der Waals surface area (Å²) in [6, 6.07) is 0.650. The van der Waals surface area contributed by atoms with E-state index in [2.05, 4.69) is 31.0 Å². The van der Waals surface area contributed by atoms with Crippen molar-refractivity contribution in [2.24, 2.45) is 0 Å². The molecule has 0 aromatic rings. The third-order valence-corrected chi connectivity index (χ3v) is 2.88. The summed E-state index contributed by atoms with van der Waals surface area (Å²) in [5.41, 5.74) is 0. The zero-order chi connectivity index (χ0) is 10.4. The normalized spacial score (nSPS) is 23.4. The quantitative estimate of drug-likeness (QED) is 0.719. The van der Waals surface area contributed by atoms with Gasteiger partial charge >= 0.3 is 0 Å². The van der Waals surface area contributed by atoms with Crippen molar-refractivity contribution in [2.75, 3.05) is 32.8 Å².